The smallest absolute Gasteiger partial charge is 0.262 e. The highest BCUT2D eigenvalue weighted by molar-refractivity contribution is 5.95. The first-order chi connectivity index (χ1) is 9.13. The topological polar surface area (TPSA) is 82.0 Å². The van der Waals surface area contributed by atoms with Crippen LogP contribution in [-0.4, -0.2) is 53.9 Å². The predicted molar refractivity (Wildman–Crippen MR) is 70.0 cm³/mol. The highest BCUT2D eigenvalue weighted by Gasteiger charge is 2.17. The molecule has 1 heterocycles. The van der Waals surface area contributed by atoms with Gasteiger partial charge in [0.1, 0.15) is 5.75 Å². The first-order valence-corrected chi connectivity index (χ1v) is 6.11. The van der Waals surface area contributed by atoms with Gasteiger partial charge in [0, 0.05) is 6.54 Å². The fourth-order valence-electron chi connectivity index (χ4n) is 1.98. The number of hydrogen-bond donors (Lipinski definition) is 3. The van der Waals surface area contributed by atoms with E-state index in [4.69, 9.17) is 14.9 Å². The van der Waals surface area contributed by atoms with Gasteiger partial charge in [-0.2, -0.15) is 0 Å². The van der Waals surface area contributed by atoms with Crippen molar-refractivity contribution in [2.45, 2.75) is 12.6 Å². The number of aliphatic hydroxyl groups is 2. The van der Waals surface area contributed by atoms with Gasteiger partial charge in [-0.3, -0.25) is 9.69 Å². The molecule has 1 aliphatic rings. The number of carbonyl (C=O) groups excluding carboxylic acids is 1. The summed E-state index contributed by atoms with van der Waals surface area (Å²) in [7, 11) is 1.83. The van der Waals surface area contributed by atoms with Crippen molar-refractivity contribution in [3.8, 4) is 5.75 Å². The molecule has 1 aromatic carbocycles. The van der Waals surface area contributed by atoms with E-state index < -0.39 is 0 Å². The molecule has 1 aliphatic heterocycles. The van der Waals surface area contributed by atoms with Crippen LogP contribution in [0.1, 0.15) is 5.56 Å². The monoisotopic (exact) mass is 266 g/mol. The number of benzene rings is 1. The lowest BCUT2D eigenvalue weighted by molar-refractivity contribution is -0.118. The zero-order valence-electron chi connectivity index (χ0n) is 10.8. The van der Waals surface area contributed by atoms with Crippen molar-refractivity contribution in [3.05, 3.63) is 23.8 Å². The van der Waals surface area contributed by atoms with Crippen molar-refractivity contribution >= 4 is 11.6 Å². The number of aliphatic hydroxyl groups excluding tert-OH is 2. The molecule has 19 heavy (non-hydrogen) atoms. The van der Waals surface area contributed by atoms with Gasteiger partial charge in [-0.1, -0.05) is 6.07 Å². The van der Waals surface area contributed by atoms with E-state index in [1.54, 1.807) is 0 Å². The summed E-state index contributed by atoms with van der Waals surface area (Å²) in [5.41, 5.74) is 1.63. The molecule has 3 N–H and O–H groups in total. The lowest BCUT2D eigenvalue weighted by Gasteiger charge is -2.25. The Morgan fingerprint density at radius 2 is 2.16 bits per heavy atom. The molecular weight excluding hydrogens is 248 g/mol. The summed E-state index contributed by atoms with van der Waals surface area (Å²) in [5.74, 6) is 0.494. The molecular formula is C13H18N2O4. The molecule has 6 heteroatoms. The second-order valence-corrected chi connectivity index (χ2v) is 4.60. The van der Waals surface area contributed by atoms with Crippen LogP contribution in [0.5, 0.6) is 5.75 Å². The minimum Gasteiger partial charge on any atom is -0.482 e. The number of rotatable bonds is 5. The van der Waals surface area contributed by atoms with Crippen molar-refractivity contribution in [1.29, 1.82) is 0 Å². The molecule has 0 spiro atoms. The third-order valence-corrected chi connectivity index (χ3v) is 3.15. The van der Waals surface area contributed by atoms with Gasteiger partial charge in [-0.15, -0.1) is 0 Å². The summed E-state index contributed by atoms with van der Waals surface area (Å²) in [6.45, 7) is 0.411. The molecule has 104 valence electrons. The van der Waals surface area contributed by atoms with Crippen LogP contribution in [0.25, 0.3) is 0 Å². The van der Waals surface area contributed by atoms with Crippen molar-refractivity contribution in [1.82, 2.24) is 4.90 Å². The maximum Gasteiger partial charge on any atom is 0.262 e. The van der Waals surface area contributed by atoms with Crippen LogP contribution >= 0.6 is 0 Å². The van der Waals surface area contributed by atoms with Gasteiger partial charge in [-0.05, 0) is 24.7 Å². The van der Waals surface area contributed by atoms with Crippen molar-refractivity contribution < 1.29 is 19.7 Å². The van der Waals surface area contributed by atoms with E-state index in [1.807, 2.05) is 30.1 Å². The Labute approximate surface area is 111 Å². The second-order valence-electron chi connectivity index (χ2n) is 4.60. The second kappa shape index (κ2) is 6.01. The molecule has 0 saturated carbocycles. The lowest BCUT2D eigenvalue weighted by atomic mass is 10.1. The summed E-state index contributed by atoms with van der Waals surface area (Å²) < 4.78 is 5.28. The van der Waals surface area contributed by atoms with Crippen molar-refractivity contribution in [2.75, 3.05) is 32.2 Å². The van der Waals surface area contributed by atoms with Gasteiger partial charge < -0.3 is 20.3 Å². The first-order valence-electron chi connectivity index (χ1n) is 6.11. The SMILES string of the molecule is CN(Cc1ccc2c(c1)NC(=O)CO2)C(CO)CO. The standard InChI is InChI=1S/C13H18N2O4/c1-15(10(6-16)7-17)5-9-2-3-12-11(4-9)14-13(18)8-19-12/h2-4,10,16-17H,5-8H2,1H3,(H,14,18). The summed E-state index contributed by atoms with van der Waals surface area (Å²) >= 11 is 0. The number of nitrogens with one attached hydrogen (secondary N) is 1. The molecule has 0 radical (unpaired) electrons. The van der Waals surface area contributed by atoms with Crippen LogP contribution in [0.2, 0.25) is 0 Å². The first kappa shape index (κ1) is 13.8. The fraction of sp³-hybridized carbons (Fsp3) is 0.462. The molecule has 0 atom stereocenters. The van der Waals surface area contributed by atoms with E-state index in [-0.39, 0.29) is 31.8 Å². The largest absolute Gasteiger partial charge is 0.482 e. The number of nitrogens with zero attached hydrogens (tertiary/aromatic N) is 1. The Bertz CT molecular complexity index is 460. The Kier molecular flexibility index (Phi) is 4.36. The fourth-order valence-corrected chi connectivity index (χ4v) is 1.98. The summed E-state index contributed by atoms with van der Waals surface area (Å²) in [5, 5.41) is 21.0. The van der Waals surface area contributed by atoms with Crippen LogP contribution in [0.15, 0.2) is 18.2 Å². The highest BCUT2D eigenvalue weighted by Crippen LogP contribution is 2.28. The summed E-state index contributed by atoms with van der Waals surface area (Å²) in [4.78, 5) is 13.1. The average molecular weight is 266 g/mol. The van der Waals surface area contributed by atoms with Crippen LogP contribution in [0.4, 0.5) is 5.69 Å². The predicted octanol–water partition coefficient (Wildman–Crippen LogP) is -0.197. The minimum atomic E-state index is -0.290. The van der Waals surface area contributed by atoms with Crippen LogP contribution < -0.4 is 10.1 Å². The zero-order chi connectivity index (χ0) is 13.8. The van der Waals surface area contributed by atoms with Gasteiger partial charge in [0.25, 0.3) is 5.91 Å². The Morgan fingerprint density at radius 1 is 1.42 bits per heavy atom. The van der Waals surface area contributed by atoms with Gasteiger partial charge in [-0.25, -0.2) is 0 Å². The molecule has 0 bridgehead atoms. The number of ether oxygens (including phenoxy) is 1. The third kappa shape index (κ3) is 3.23. The molecule has 0 aromatic heterocycles. The van der Waals surface area contributed by atoms with E-state index in [9.17, 15) is 4.79 Å². The Hall–Kier alpha value is -1.63. The minimum absolute atomic E-state index is 0.0450. The number of anilines is 1. The maximum atomic E-state index is 11.2. The Morgan fingerprint density at radius 3 is 2.84 bits per heavy atom. The third-order valence-electron chi connectivity index (χ3n) is 3.15. The molecule has 1 aromatic rings. The molecule has 6 nitrogen and oxygen atoms in total. The van der Waals surface area contributed by atoms with E-state index in [2.05, 4.69) is 5.32 Å². The van der Waals surface area contributed by atoms with E-state index >= 15 is 0 Å². The van der Waals surface area contributed by atoms with Crippen molar-refractivity contribution in [3.63, 3.8) is 0 Å². The van der Waals surface area contributed by atoms with E-state index in [0.717, 1.165) is 5.56 Å². The molecule has 0 fully saturated rings. The van der Waals surface area contributed by atoms with Crippen LogP contribution in [0.3, 0.4) is 0 Å². The van der Waals surface area contributed by atoms with Crippen LogP contribution in [-0.2, 0) is 11.3 Å². The molecule has 1 amide bonds. The van der Waals surface area contributed by atoms with Gasteiger partial charge in [0.15, 0.2) is 6.61 Å². The molecule has 0 aliphatic carbocycles. The highest BCUT2D eigenvalue weighted by atomic mass is 16.5. The number of carbonyl (C=O) groups is 1. The van der Waals surface area contributed by atoms with E-state index in [0.29, 0.717) is 18.0 Å². The van der Waals surface area contributed by atoms with Crippen LogP contribution in [0, 0.1) is 0 Å². The van der Waals surface area contributed by atoms with Gasteiger partial charge in [0.05, 0.1) is 24.9 Å². The Balaban J connectivity index is 2.09. The molecule has 2 rings (SSSR count). The summed E-state index contributed by atoms with van der Waals surface area (Å²) in [6.07, 6.45) is 0. The van der Waals surface area contributed by atoms with Gasteiger partial charge >= 0.3 is 0 Å². The number of fused-ring (bicyclic) bond motifs is 1. The van der Waals surface area contributed by atoms with Gasteiger partial charge in [0.2, 0.25) is 0 Å². The normalized spacial score (nSPS) is 14.3. The van der Waals surface area contributed by atoms with Crippen molar-refractivity contribution in [2.24, 2.45) is 0 Å². The lowest BCUT2D eigenvalue weighted by Crippen LogP contribution is -2.37. The number of hydrogen-bond acceptors (Lipinski definition) is 5. The zero-order valence-corrected chi connectivity index (χ0v) is 10.8. The molecule has 0 unspecified atom stereocenters. The maximum absolute atomic E-state index is 11.2. The van der Waals surface area contributed by atoms with E-state index in [1.165, 1.54) is 0 Å². The molecule has 0 saturated heterocycles. The average Bonchev–Trinajstić information content (AvgIpc) is 2.39. The number of amides is 1. The quantitative estimate of drug-likeness (QED) is 0.688. The summed E-state index contributed by atoms with van der Waals surface area (Å²) in [6, 6.07) is 5.26. The number of likely N-dealkylation sites (N-methyl/N-ethyl adjacent to an activating group) is 1.